The van der Waals surface area contributed by atoms with E-state index in [4.69, 9.17) is 9.47 Å². The number of nitrogens with zero attached hydrogens (tertiary/aromatic N) is 1. The summed E-state index contributed by atoms with van der Waals surface area (Å²) in [5.41, 5.74) is 1.70. The molecule has 6 nitrogen and oxygen atoms in total. The van der Waals surface area contributed by atoms with E-state index in [1.54, 1.807) is 62.6 Å². The van der Waals surface area contributed by atoms with Crippen molar-refractivity contribution in [2.45, 2.75) is 0 Å². The summed E-state index contributed by atoms with van der Waals surface area (Å²) in [4.78, 5) is 25.8. The molecule has 2 amide bonds. The van der Waals surface area contributed by atoms with Gasteiger partial charge in [-0.3, -0.25) is 9.59 Å². The largest absolute Gasteiger partial charge is 0.490 e. The van der Waals surface area contributed by atoms with Crippen LogP contribution in [0.5, 0.6) is 11.5 Å². The number of anilines is 1. The number of carbonyl (C=O) groups is 2. The maximum absolute atomic E-state index is 12.4. The van der Waals surface area contributed by atoms with Gasteiger partial charge in [-0.15, -0.1) is 0 Å². The van der Waals surface area contributed by atoms with Gasteiger partial charge < -0.3 is 19.7 Å². The zero-order valence-corrected chi connectivity index (χ0v) is 17.0. The van der Waals surface area contributed by atoms with Crippen LogP contribution in [0.1, 0.15) is 20.7 Å². The Hall–Kier alpha value is -3.80. The molecule has 3 rings (SSSR count). The van der Waals surface area contributed by atoms with Crippen LogP contribution >= 0.6 is 0 Å². The van der Waals surface area contributed by atoms with E-state index < -0.39 is 0 Å². The van der Waals surface area contributed by atoms with Gasteiger partial charge in [0.2, 0.25) is 0 Å². The number of amides is 2. The molecule has 0 unspecified atom stereocenters. The number of hydrogen-bond donors (Lipinski definition) is 1. The van der Waals surface area contributed by atoms with Gasteiger partial charge >= 0.3 is 0 Å². The molecule has 0 aliphatic carbocycles. The Morgan fingerprint density at radius 3 is 1.83 bits per heavy atom. The fourth-order valence-corrected chi connectivity index (χ4v) is 2.70. The third kappa shape index (κ3) is 5.85. The van der Waals surface area contributed by atoms with Crippen LogP contribution in [0.2, 0.25) is 0 Å². The van der Waals surface area contributed by atoms with Crippen LogP contribution < -0.4 is 14.8 Å². The van der Waals surface area contributed by atoms with Crippen LogP contribution in [0.3, 0.4) is 0 Å². The Morgan fingerprint density at radius 1 is 0.733 bits per heavy atom. The molecular formula is C24H24N2O4. The number of hydrogen-bond acceptors (Lipinski definition) is 4. The summed E-state index contributed by atoms with van der Waals surface area (Å²) in [6, 6.07) is 23.2. The van der Waals surface area contributed by atoms with Crippen molar-refractivity contribution in [1.82, 2.24) is 4.90 Å². The molecule has 3 aromatic carbocycles. The highest BCUT2D eigenvalue weighted by molar-refractivity contribution is 6.04. The second-order valence-electron chi connectivity index (χ2n) is 6.77. The van der Waals surface area contributed by atoms with Gasteiger partial charge in [0.1, 0.15) is 24.7 Å². The highest BCUT2D eigenvalue weighted by Crippen LogP contribution is 2.16. The van der Waals surface area contributed by atoms with Gasteiger partial charge in [-0.1, -0.05) is 18.2 Å². The number of carbonyl (C=O) groups excluding carboxylic acids is 2. The third-order valence-corrected chi connectivity index (χ3v) is 4.28. The molecule has 30 heavy (non-hydrogen) atoms. The van der Waals surface area contributed by atoms with E-state index in [1.165, 1.54) is 4.90 Å². The lowest BCUT2D eigenvalue weighted by Gasteiger charge is -2.11. The molecule has 6 heteroatoms. The minimum absolute atomic E-state index is 0.0855. The Kier molecular flexibility index (Phi) is 7.05. The monoisotopic (exact) mass is 404 g/mol. The first kappa shape index (κ1) is 20.9. The Morgan fingerprint density at radius 2 is 1.27 bits per heavy atom. The van der Waals surface area contributed by atoms with Crippen molar-refractivity contribution >= 4 is 17.5 Å². The van der Waals surface area contributed by atoms with E-state index in [-0.39, 0.29) is 11.8 Å². The summed E-state index contributed by atoms with van der Waals surface area (Å²) in [7, 11) is 3.39. The molecule has 0 aromatic heterocycles. The molecule has 0 aliphatic heterocycles. The number of rotatable bonds is 8. The smallest absolute Gasteiger partial charge is 0.255 e. The molecule has 0 atom stereocenters. The number of nitrogens with one attached hydrogen (secondary N) is 1. The molecule has 0 heterocycles. The highest BCUT2D eigenvalue weighted by Gasteiger charge is 2.09. The zero-order valence-electron chi connectivity index (χ0n) is 17.0. The van der Waals surface area contributed by atoms with Gasteiger partial charge in [0.15, 0.2) is 0 Å². The second-order valence-corrected chi connectivity index (χ2v) is 6.77. The quantitative estimate of drug-likeness (QED) is 0.574. The fraction of sp³-hybridized carbons (Fsp3) is 0.167. The molecule has 0 saturated carbocycles. The predicted molar refractivity (Wildman–Crippen MR) is 116 cm³/mol. The summed E-state index contributed by atoms with van der Waals surface area (Å²) in [5, 5.41) is 2.82. The molecule has 1 N–H and O–H groups in total. The lowest BCUT2D eigenvalue weighted by atomic mass is 10.1. The summed E-state index contributed by atoms with van der Waals surface area (Å²) in [5.74, 6) is 1.14. The topological polar surface area (TPSA) is 67.9 Å². The van der Waals surface area contributed by atoms with Crippen molar-refractivity contribution in [3.05, 3.63) is 90.0 Å². The maximum Gasteiger partial charge on any atom is 0.255 e. The minimum Gasteiger partial charge on any atom is -0.490 e. The maximum atomic E-state index is 12.4. The molecule has 0 spiro atoms. The number of benzene rings is 3. The van der Waals surface area contributed by atoms with Crippen molar-refractivity contribution in [1.29, 1.82) is 0 Å². The van der Waals surface area contributed by atoms with E-state index in [1.807, 2.05) is 30.3 Å². The van der Waals surface area contributed by atoms with E-state index >= 15 is 0 Å². The summed E-state index contributed by atoms with van der Waals surface area (Å²) >= 11 is 0. The molecule has 3 aromatic rings. The first-order chi connectivity index (χ1) is 14.5. The van der Waals surface area contributed by atoms with Crippen molar-refractivity contribution in [2.24, 2.45) is 0 Å². The van der Waals surface area contributed by atoms with Crippen LogP contribution in [0.15, 0.2) is 78.9 Å². The third-order valence-electron chi connectivity index (χ3n) is 4.28. The van der Waals surface area contributed by atoms with Crippen molar-refractivity contribution < 1.29 is 19.1 Å². The lowest BCUT2D eigenvalue weighted by Crippen LogP contribution is -2.21. The summed E-state index contributed by atoms with van der Waals surface area (Å²) < 4.78 is 11.2. The predicted octanol–water partition coefficient (Wildman–Crippen LogP) is 4.10. The Labute approximate surface area is 176 Å². The van der Waals surface area contributed by atoms with Gasteiger partial charge in [-0.05, 0) is 60.7 Å². The van der Waals surface area contributed by atoms with Crippen LogP contribution in [-0.4, -0.2) is 44.0 Å². The van der Waals surface area contributed by atoms with Crippen LogP contribution in [0.25, 0.3) is 0 Å². The van der Waals surface area contributed by atoms with E-state index in [2.05, 4.69) is 5.32 Å². The van der Waals surface area contributed by atoms with Crippen LogP contribution in [-0.2, 0) is 0 Å². The van der Waals surface area contributed by atoms with Crippen molar-refractivity contribution in [2.75, 3.05) is 32.6 Å². The Balaban J connectivity index is 1.48. The summed E-state index contributed by atoms with van der Waals surface area (Å²) in [6.45, 7) is 0.830. The molecule has 0 aliphatic rings. The number of ether oxygens (including phenoxy) is 2. The van der Waals surface area contributed by atoms with Gasteiger partial charge in [0, 0.05) is 30.9 Å². The number of para-hydroxylation sites is 1. The standard InChI is InChI=1S/C24H24N2O4/c1-26(2)24(28)19-8-12-20(13-9-19)25-23(27)18-10-14-22(15-11-18)30-17-16-29-21-6-4-3-5-7-21/h3-15H,16-17H2,1-2H3,(H,25,27). The van der Waals surface area contributed by atoms with Crippen molar-refractivity contribution in [3.8, 4) is 11.5 Å². The van der Waals surface area contributed by atoms with Crippen LogP contribution in [0.4, 0.5) is 5.69 Å². The van der Waals surface area contributed by atoms with Crippen molar-refractivity contribution in [3.63, 3.8) is 0 Å². The first-order valence-electron chi connectivity index (χ1n) is 9.57. The average Bonchev–Trinajstić information content (AvgIpc) is 2.78. The SMILES string of the molecule is CN(C)C(=O)c1ccc(NC(=O)c2ccc(OCCOc3ccccc3)cc2)cc1. The second kappa shape index (κ2) is 10.1. The fourth-order valence-electron chi connectivity index (χ4n) is 2.70. The minimum atomic E-state index is -0.236. The highest BCUT2D eigenvalue weighted by atomic mass is 16.5. The summed E-state index contributed by atoms with van der Waals surface area (Å²) in [6.07, 6.45) is 0. The average molecular weight is 404 g/mol. The van der Waals surface area contributed by atoms with Gasteiger partial charge in [-0.25, -0.2) is 0 Å². The van der Waals surface area contributed by atoms with Crippen LogP contribution in [0, 0.1) is 0 Å². The first-order valence-corrected chi connectivity index (χ1v) is 9.57. The lowest BCUT2D eigenvalue weighted by molar-refractivity contribution is 0.0827. The molecular weight excluding hydrogens is 380 g/mol. The molecule has 0 saturated heterocycles. The molecule has 0 bridgehead atoms. The van der Waals surface area contributed by atoms with Gasteiger partial charge in [-0.2, -0.15) is 0 Å². The van der Waals surface area contributed by atoms with E-state index in [0.29, 0.717) is 35.8 Å². The Bertz CT molecular complexity index is 968. The molecule has 0 radical (unpaired) electrons. The zero-order chi connectivity index (χ0) is 21.3. The van der Waals surface area contributed by atoms with Gasteiger partial charge in [0.25, 0.3) is 11.8 Å². The molecule has 154 valence electrons. The van der Waals surface area contributed by atoms with Gasteiger partial charge in [0.05, 0.1) is 0 Å². The molecule has 0 fully saturated rings. The van der Waals surface area contributed by atoms with E-state index in [0.717, 1.165) is 5.75 Å². The van der Waals surface area contributed by atoms with E-state index in [9.17, 15) is 9.59 Å². The normalized spacial score (nSPS) is 10.2.